The van der Waals surface area contributed by atoms with Gasteiger partial charge in [-0.3, -0.25) is 0 Å². The quantitative estimate of drug-likeness (QED) is 0.480. The van der Waals surface area contributed by atoms with Crippen LogP contribution >= 0.6 is 11.3 Å². The molecule has 2 aromatic rings. The number of thiazole rings is 1. The first-order chi connectivity index (χ1) is 9.11. The van der Waals surface area contributed by atoms with Crippen LogP contribution in [0.25, 0.3) is 11.0 Å². The van der Waals surface area contributed by atoms with E-state index in [-0.39, 0.29) is 5.97 Å². The zero-order chi connectivity index (χ0) is 13.8. The summed E-state index contributed by atoms with van der Waals surface area (Å²) in [4.78, 5) is 17.6. The van der Waals surface area contributed by atoms with Gasteiger partial charge < -0.3 is 4.74 Å². The lowest BCUT2D eigenvalue weighted by molar-refractivity contribution is -0.137. The van der Waals surface area contributed by atoms with Crippen LogP contribution in [0.1, 0.15) is 36.2 Å². The molecule has 19 heavy (non-hydrogen) atoms. The Morgan fingerprint density at radius 2 is 2.26 bits per heavy atom. The minimum atomic E-state index is -0.303. The van der Waals surface area contributed by atoms with Crippen LogP contribution < -0.4 is 0 Å². The number of carbonyl (C=O) groups is 1. The number of ether oxygens (including phenoxy) is 1. The predicted octanol–water partition coefficient (Wildman–Crippen LogP) is 2.76. The Bertz CT molecular complexity index is 613. The van der Waals surface area contributed by atoms with Crippen molar-refractivity contribution in [2.24, 2.45) is 0 Å². The van der Waals surface area contributed by atoms with Gasteiger partial charge in [0.05, 0.1) is 17.2 Å². The number of aryl methyl sites for hydroxylation is 2. The zero-order valence-electron chi connectivity index (χ0n) is 11.3. The van der Waals surface area contributed by atoms with Gasteiger partial charge in [-0.1, -0.05) is 24.7 Å². The van der Waals surface area contributed by atoms with Gasteiger partial charge in [0.15, 0.2) is 0 Å². The number of nitrogens with zero attached hydrogens (tertiary/aromatic N) is 3. The molecule has 0 bridgehead atoms. The number of esters is 1. The van der Waals surface area contributed by atoms with E-state index in [0.29, 0.717) is 6.61 Å². The van der Waals surface area contributed by atoms with Gasteiger partial charge in [-0.05, 0) is 26.3 Å². The van der Waals surface area contributed by atoms with Crippen LogP contribution in [0.4, 0.5) is 0 Å². The van der Waals surface area contributed by atoms with Crippen LogP contribution in [0.2, 0.25) is 0 Å². The van der Waals surface area contributed by atoms with Crippen molar-refractivity contribution < 1.29 is 9.53 Å². The second-order valence-corrected chi connectivity index (χ2v) is 5.27. The molecule has 6 heteroatoms. The van der Waals surface area contributed by atoms with E-state index in [9.17, 15) is 4.79 Å². The van der Waals surface area contributed by atoms with Gasteiger partial charge in [-0.2, -0.15) is 5.10 Å². The van der Waals surface area contributed by atoms with Gasteiger partial charge >= 0.3 is 5.97 Å². The summed E-state index contributed by atoms with van der Waals surface area (Å²) in [7, 11) is 0. The van der Waals surface area contributed by atoms with Crippen LogP contribution in [0.5, 0.6) is 0 Å². The molecular formula is C13H17N3O2S. The van der Waals surface area contributed by atoms with Gasteiger partial charge in [0.1, 0.15) is 5.82 Å². The molecule has 2 heterocycles. The smallest absolute Gasteiger partial charge is 0.330 e. The molecular weight excluding hydrogens is 262 g/mol. The Kier molecular flexibility index (Phi) is 4.31. The highest BCUT2D eigenvalue weighted by Gasteiger charge is 2.09. The molecule has 0 aliphatic carbocycles. The van der Waals surface area contributed by atoms with E-state index in [1.165, 1.54) is 17.4 Å². The molecule has 0 amide bonds. The maximum atomic E-state index is 11.5. The number of hydrogen-bond acceptors (Lipinski definition) is 5. The topological polar surface area (TPSA) is 56.5 Å². The van der Waals surface area contributed by atoms with Crippen molar-refractivity contribution in [2.45, 2.75) is 33.6 Å². The fourth-order valence-electron chi connectivity index (χ4n) is 1.62. The minimum absolute atomic E-state index is 0.303. The molecule has 0 radical (unpaired) electrons. The largest absolute Gasteiger partial charge is 0.463 e. The maximum Gasteiger partial charge on any atom is 0.330 e. The van der Waals surface area contributed by atoms with Crippen molar-refractivity contribution in [1.29, 1.82) is 0 Å². The minimum Gasteiger partial charge on any atom is -0.463 e. The van der Waals surface area contributed by atoms with E-state index in [1.54, 1.807) is 10.6 Å². The van der Waals surface area contributed by atoms with Crippen LogP contribution in [-0.4, -0.2) is 27.2 Å². The summed E-state index contributed by atoms with van der Waals surface area (Å²) < 4.78 is 6.85. The molecule has 0 saturated heterocycles. The third kappa shape index (κ3) is 3.20. The van der Waals surface area contributed by atoms with E-state index in [0.717, 1.165) is 34.2 Å². The van der Waals surface area contributed by atoms with Crippen LogP contribution in [0.3, 0.4) is 0 Å². The molecule has 5 nitrogen and oxygen atoms in total. The molecule has 0 aromatic carbocycles. The normalized spacial score (nSPS) is 11.5. The van der Waals surface area contributed by atoms with Crippen molar-refractivity contribution in [1.82, 2.24) is 14.6 Å². The monoisotopic (exact) mass is 279 g/mol. The number of rotatable bonds is 5. The predicted molar refractivity (Wildman–Crippen MR) is 75.2 cm³/mol. The first-order valence-electron chi connectivity index (χ1n) is 6.29. The van der Waals surface area contributed by atoms with Crippen molar-refractivity contribution in [3.8, 4) is 0 Å². The van der Waals surface area contributed by atoms with Crippen molar-refractivity contribution in [2.75, 3.05) is 6.61 Å². The Morgan fingerprint density at radius 3 is 2.95 bits per heavy atom. The van der Waals surface area contributed by atoms with E-state index in [1.807, 2.05) is 13.8 Å². The average molecular weight is 279 g/mol. The molecule has 102 valence electrons. The number of carbonyl (C=O) groups excluding carboxylic acids is 1. The second-order valence-electron chi connectivity index (χ2n) is 4.26. The third-order valence-electron chi connectivity index (χ3n) is 2.67. The molecule has 2 rings (SSSR count). The second kappa shape index (κ2) is 5.97. The van der Waals surface area contributed by atoms with Crippen molar-refractivity contribution in [3.63, 3.8) is 0 Å². The lowest BCUT2D eigenvalue weighted by Crippen LogP contribution is -2.01. The average Bonchev–Trinajstić information content (AvgIpc) is 2.86. The standard InChI is InChI=1S/C13H17N3O2S/c1-4-5-8-18-12(17)7-6-11-9(2)16-13(19-11)14-10(3)15-16/h6-7H,4-5,8H2,1-3H3/b7-6+. The first-order valence-corrected chi connectivity index (χ1v) is 7.11. The van der Waals surface area contributed by atoms with E-state index < -0.39 is 0 Å². The Morgan fingerprint density at radius 1 is 1.47 bits per heavy atom. The van der Waals surface area contributed by atoms with Gasteiger partial charge in [-0.15, -0.1) is 0 Å². The number of hydrogen-bond donors (Lipinski definition) is 0. The van der Waals surface area contributed by atoms with E-state index in [2.05, 4.69) is 17.0 Å². The highest BCUT2D eigenvalue weighted by Crippen LogP contribution is 2.22. The van der Waals surface area contributed by atoms with Crippen LogP contribution in [-0.2, 0) is 9.53 Å². The summed E-state index contributed by atoms with van der Waals surface area (Å²) in [5.41, 5.74) is 0.984. The molecule has 2 aromatic heterocycles. The lowest BCUT2D eigenvalue weighted by atomic mass is 10.3. The maximum absolute atomic E-state index is 11.5. The molecule has 0 aliphatic heterocycles. The van der Waals surface area contributed by atoms with E-state index in [4.69, 9.17) is 4.74 Å². The van der Waals surface area contributed by atoms with Crippen LogP contribution in [0, 0.1) is 13.8 Å². The lowest BCUT2D eigenvalue weighted by Gasteiger charge is -1.98. The summed E-state index contributed by atoms with van der Waals surface area (Å²) >= 11 is 1.51. The molecule has 0 N–H and O–H groups in total. The summed E-state index contributed by atoms with van der Waals surface area (Å²) in [5, 5.41) is 4.29. The summed E-state index contributed by atoms with van der Waals surface area (Å²) in [6, 6.07) is 0. The van der Waals surface area contributed by atoms with Crippen molar-refractivity contribution in [3.05, 3.63) is 22.5 Å². The molecule has 0 spiro atoms. The molecule has 0 atom stereocenters. The Hall–Kier alpha value is -1.69. The molecule has 0 saturated carbocycles. The summed E-state index contributed by atoms with van der Waals surface area (Å²) in [6.45, 7) is 6.36. The SMILES string of the molecule is CCCCOC(=O)/C=C/c1sc2nc(C)nn2c1C. The fraction of sp³-hybridized carbons (Fsp3) is 0.462. The van der Waals surface area contributed by atoms with Crippen LogP contribution in [0.15, 0.2) is 6.08 Å². The number of fused-ring (bicyclic) bond motifs is 1. The van der Waals surface area contributed by atoms with Gasteiger partial charge in [0.25, 0.3) is 0 Å². The van der Waals surface area contributed by atoms with Gasteiger partial charge in [-0.25, -0.2) is 14.3 Å². The van der Waals surface area contributed by atoms with Gasteiger partial charge in [0.2, 0.25) is 4.96 Å². The highest BCUT2D eigenvalue weighted by molar-refractivity contribution is 7.18. The molecule has 0 unspecified atom stereocenters. The first kappa shape index (κ1) is 13.7. The summed E-state index contributed by atoms with van der Waals surface area (Å²) in [5.74, 6) is 0.451. The summed E-state index contributed by atoms with van der Waals surface area (Å²) in [6.07, 6.45) is 5.14. The Balaban J connectivity index is 2.06. The number of unbranched alkanes of at least 4 members (excludes halogenated alkanes) is 1. The fourth-order valence-corrected chi connectivity index (χ4v) is 2.63. The highest BCUT2D eigenvalue weighted by atomic mass is 32.1. The Labute approximate surface area is 115 Å². The van der Waals surface area contributed by atoms with E-state index >= 15 is 0 Å². The molecule has 0 fully saturated rings. The number of aromatic nitrogens is 3. The third-order valence-corrected chi connectivity index (χ3v) is 3.77. The van der Waals surface area contributed by atoms with Crippen molar-refractivity contribution >= 4 is 28.3 Å². The zero-order valence-corrected chi connectivity index (χ0v) is 12.2. The van der Waals surface area contributed by atoms with Gasteiger partial charge in [0, 0.05) is 6.08 Å². The molecule has 0 aliphatic rings.